The number of nitrogens with one attached hydrogen (secondary N) is 1. The molecule has 0 saturated heterocycles. The predicted octanol–water partition coefficient (Wildman–Crippen LogP) is 5.50. The SMILES string of the molecule is CCCC(=O)NCC1CC1c1cccc(OCCCCCc2ccccc2)c1. The Bertz CT molecular complexity index is 728. The molecular formula is C25H33NO2. The summed E-state index contributed by atoms with van der Waals surface area (Å²) in [5.74, 6) is 2.30. The van der Waals surface area contributed by atoms with Crippen molar-refractivity contribution in [1.29, 1.82) is 0 Å². The van der Waals surface area contributed by atoms with E-state index in [0.717, 1.165) is 44.6 Å². The van der Waals surface area contributed by atoms with Crippen molar-refractivity contribution >= 4 is 5.91 Å². The molecule has 0 bridgehead atoms. The van der Waals surface area contributed by atoms with Crippen molar-refractivity contribution in [2.24, 2.45) is 5.92 Å². The molecule has 150 valence electrons. The van der Waals surface area contributed by atoms with Crippen LogP contribution in [0.25, 0.3) is 0 Å². The molecule has 0 aromatic heterocycles. The molecule has 2 aromatic carbocycles. The zero-order chi connectivity index (χ0) is 19.6. The Kier molecular flexibility index (Phi) is 7.95. The molecule has 1 amide bonds. The van der Waals surface area contributed by atoms with Gasteiger partial charge in [0.2, 0.25) is 5.91 Å². The van der Waals surface area contributed by atoms with Gasteiger partial charge >= 0.3 is 0 Å². The first-order valence-corrected chi connectivity index (χ1v) is 10.8. The number of carbonyl (C=O) groups excluding carboxylic acids is 1. The third kappa shape index (κ3) is 6.70. The third-order valence-corrected chi connectivity index (χ3v) is 5.47. The summed E-state index contributed by atoms with van der Waals surface area (Å²) in [6.45, 7) is 3.61. The minimum atomic E-state index is 0.178. The average molecular weight is 380 g/mol. The molecule has 0 radical (unpaired) electrons. The average Bonchev–Trinajstić information content (AvgIpc) is 3.50. The fourth-order valence-electron chi connectivity index (χ4n) is 3.72. The van der Waals surface area contributed by atoms with Crippen LogP contribution in [0.2, 0.25) is 0 Å². The van der Waals surface area contributed by atoms with E-state index in [9.17, 15) is 4.79 Å². The summed E-state index contributed by atoms with van der Waals surface area (Å²) < 4.78 is 5.97. The zero-order valence-electron chi connectivity index (χ0n) is 17.0. The lowest BCUT2D eigenvalue weighted by Gasteiger charge is -2.09. The summed E-state index contributed by atoms with van der Waals surface area (Å²) in [5, 5.41) is 3.06. The Hall–Kier alpha value is -2.29. The van der Waals surface area contributed by atoms with Crippen molar-refractivity contribution in [2.75, 3.05) is 13.2 Å². The number of ether oxygens (including phenoxy) is 1. The van der Waals surface area contributed by atoms with E-state index in [2.05, 4.69) is 53.8 Å². The summed E-state index contributed by atoms with van der Waals surface area (Å²) in [6, 6.07) is 19.2. The number of aryl methyl sites for hydroxylation is 1. The molecule has 3 nitrogen and oxygen atoms in total. The monoisotopic (exact) mass is 379 g/mol. The van der Waals surface area contributed by atoms with Gasteiger partial charge in [-0.15, -0.1) is 0 Å². The molecule has 0 spiro atoms. The Morgan fingerprint density at radius 2 is 1.93 bits per heavy atom. The summed E-state index contributed by atoms with van der Waals surface area (Å²) >= 11 is 0. The van der Waals surface area contributed by atoms with Gasteiger partial charge in [0.05, 0.1) is 6.61 Å². The van der Waals surface area contributed by atoms with Crippen molar-refractivity contribution in [3.8, 4) is 5.75 Å². The van der Waals surface area contributed by atoms with Crippen molar-refractivity contribution in [3.05, 3.63) is 65.7 Å². The van der Waals surface area contributed by atoms with Crippen LogP contribution in [-0.4, -0.2) is 19.1 Å². The van der Waals surface area contributed by atoms with Gasteiger partial charge in [-0.2, -0.15) is 0 Å². The van der Waals surface area contributed by atoms with Crippen LogP contribution in [0.1, 0.15) is 62.5 Å². The Morgan fingerprint density at radius 1 is 1.07 bits per heavy atom. The van der Waals surface area contributed by atoms with E-state index >= 15 is 0 Å². The summed E-state index contributed by atoms with van der Waals surface area (Å²) in [4.78, 5) is 11.6. The van der Waals surface area contributed by atoms with E-state index in [-0.39, 0.29) is 5.91 Å². The molecule has 1 saturated carbocycles. The smallest absolute Gasteiger partial charge is 0.219 e. The summed E-state index contributed by atoms with van der Waals surface area (Å²) in [5.41, 5.74) is 2.76. The van der Waals surface area contributed by atoms with Crippen LogP contribution < -0.4 is 10.1 Å². The number of amides is 1. The van der Waals surface area contributed by atoms with Crippen LogP contribution in [0.4, 0.5) is 0 Å². The highest BCUT2D eigenvalue weighted by atomic mass is 16.5. The highest BCUT2D eigenvalue weighted by molar-refractivity contribution is 5.75. The molecule has 0 aliphatic heterocycles. The maximum Gasteiger partial charge on any atom is 0.219 e. The van der Waals surface area contributed by atoms with Gasteiger partial charge in [0.1, 0.15) is 5.75 Å². The van der Waals surface area contributed by atoms with Gasteiger partial charge in [0.25, 0.3) is 0 Å². The number of hydrogen-bond donors (Lipinski definition) is 1. The molecule has 3 rings (SSSR count). The van der Waals surface area contributed by atoms with E-state index in [4.69, 9.17) is 4.74 Å². The van der Waals surface area contributed by atoms with Crippen molar-refractivity contribution in [1.82, 2.24) is 5.32 Å². The first kappa shape index (κ1) is 20.4. The molecule has 1 N–H and O–H groups in total. The standard InChI is InChI=1S/C25H33NO2/c1-2-10-25(27)26-19-22-18-24(22)21-14-9-15-23(17-21)28-16-8-4-7-13-20-11-5-3-6-12-20/h3,5-6,9,11-12,14-15,17,22,24H,2,4,7-8,10,13,16,18-19H2,1H3,(H,26,27). The van der Waals surface area contributed by atoms with Gasteiger partial charge in [-0.05, 0) is 73.6 Å². The summed E-state index contributed by atoms with van der Waals surface area (Å²) in [7, 11) is 0. The van der Waals surface area contributed by atoms with Gasteiger partial charge in [0.15, 0.2) is 0 Å². The molecular weight excluding hydrogens is 346 g/mol. The molecule has 28 heavy (non-hydrogen) atoms. The summed E-state index contributed by atoms with van der Waals surface area (Å²) in [6.07, 6.45) is 7.34. The highest BCUT2D eigenvalue weighted by Gasteiger charge is 2.38. The first-order valence-electron chi connectivity index (χ1n) is 10.8. The van der Waals surface area contributed by atoms with E-state index in [1.807, 2.05) is 13.0 Å². The zero-order valence-corrected chi connectivity index (χ0v) is 17.0. The number of benzene rings is 2. The number of rotatable bonds is 12. The van der Waals surface area contributed by atoms with Gasteiger partial charge in [-0.1, -0.05) is 49.4 Å². The van der Waals surface area contributed by atoms with Crippen molar-refractivity contribution < 1.29 is 9.53 Å². The highest BCUT2D eigenvalue weighted by Crippen LogP contribution is 2.47. The second-order valence-electron chi connectivity index (χ2n) is 7.87. The van der Waals surface area contributed by atoms with Crippen LogP contribution in [0.5, 0.6) is 5.75 Å². The van der Waals surface area contributed by atoms with Crippen molar-refractivity contribution in [3.63, 3.8) is 0 Å². The molecule has 2 atom stereocenters. The molecule has 2 aromatic rings. The number of carbonyl (C=O) groups is 1. The lowest BCUT2D eigenvalue weighted by molar-refractivity contribution is -0.121. The lowest BCUT2D eigenvalue weighted by Crippen LogP contribution is -2.25. The fraction of sp³-hybridized carbons (Fsp3) is 0.480. The van der Waals surface area contributed by atoms with Crippen LogP contribution in [0, 0.1) is 5.92 Å². The first-order chi connectivity index (χ1) is 13.8. The second-order valence-corrected chi connectivity index (χ2v) is 7.87. The maximum atomic E-state index is 11.6. The van der Waals surface area contributed by atoms with Gasteiger partial charge in [-0.3, -0.25) is 4.79 Å². The van der Waals surface area contributed by atoms with E-state index < -0.39 is 0 Å². The lowest BCUT2D eigenvalue weighted by atomic mass is 10.1. The van der Waals surface area contributed by atoms with Crippen molar-refractivity contribution in [2.45, 2.75) is 57.8 Å². The predicted molar refractivity (Wildman–Crippen MR) is 115 cm³/mol. The molecule has 1 aliphatic rings. The molecule has 1 aliphatic carbocycles. The third-order valence-electron chi connectivity index (χ3n) is 5.47. The molecule has 3 heteroatoms. The minimum Gasteiger partial charge on any atom is -0.494 e. The quantitative estimate of drug-likeness (QED) is 0.495. The van der Waals surface area contributed by atoms with E-state index in [0.29, 0.717) is 18.3 Å². The van der Waals surface area contributed by atoms with E-state index in [1.54, 1.807) is 0 Å². The van der Waals surface area contributed by atoms with Crippen LogP contribution in [-0.2, 0) is 11.2 Å². The molecule has 2 unspecified atom stereocenters. The van der Waals surface area contributed by atoms with Crippen LogP contribution >= 0.6 is 0 Å². The second kappa shape index (κ2) is 10.9. The maximum absolute atomic E-state index is 11.6. The largest absolute Gasteiger partial charge is 0.494 e. The molecule has 1 fully saturated rings. The minimum absolute atomic E-state index is 0.178. The number of unbranched alkanes of at least 4 members (excludes halogenated alkanes) is 2. The normalized spacial score (nSPS) is 17.9. The Balaban J connectivity index is 1.32. The topological polar surface area (TPSA) is 38.3 Å². The Morgan fingerprint density at radius 3 is 2.75 bits per heavy atom. The number of hydrogen-bond acceptors (Lipinski definition) is 2. The Labute approximate surface area is 169 Å². The fourth-order valence-corrected chi connectivity index (χ4v) is 3.72. The van der Waals surface area contributed by atoms with Gasteiger partial charge < -0.3 is 10.1 Å². The molecule has 0 heterocycles. The van der Waals surface area contributed by atoms with Gasteiger partial charge in [0, 0.05) is 13.0 Å². The van der Waals surface area contributed by atoms with Crippen LogP contribution in [0.3, 0.4) is 0 Å². The van der Waals surface area contributed by atoms with Gasteiger partial charge in [-0.25, -0.2) is 0 Å². The van der Waals surface area contributed by atoms with E-state index in [1.165, 1.54) is 24.0 Å². The van der Waals surface area contributed by atoms with Crippen LogP contribution in [0.15, 0.2) is 54.6 Å².